The molecule has 0 heterocycles. The van der Waals surface area contributed by atoms with Crippen LogP contribution in [0.15, 0.2) is 57.9 Å². The molecule has 4 nitrogen and oxygen atoms in total. The van der Waals surface area contributed by atoms with Crippen molar-refractivity contribution in [3.63, 3.8) is 0 Å². The van der Waals surface area contributed by atoms with Gasteiger partial charge in [-0.25, -0.2) is 8.42 Å². The first-order valence-electron chi connectivity index (χ1n) is 6.23. The third kappa shape index (κ3) is 4.24. The summed E-state index contributed by atoms with van der Waals surface area (Å²) in [6.45, 7) is 0. The molecular weight excluding hydrogens is 399 g/mol. The number of aliphatic hydroxyl groups is 1. The van der Waals surface area contributed by atoms with E-state index in [4.69, 9.17) is 0 Å². The summed E-state index contributed by atoms with van der Waals surface area (Å²) in [4.78, 5) is -0.122. The van der Waals surface area contributed by atoms with Crippen LogP contribution in [0.3, 0.4) is 0 Å². The Morgan fingerprint density at radius 3 is 2.35 bits per heavy atom. The molecule has 9 heteroatoms. The van der Waals surface area contributed by atoms with Crippen molar-refractivity contribution in [1.29, 1.82) is 0 Å². The Morgan fingerprint density at radius 1 is 1.09 bits per heavy atom. The number of alkyl halides is 3. The Bertz CT molecular complexity index is 809. The number of rotatable bonds is 4. The second-order valence-corrected chi connectivity index (χ2v) is 7.19. The zero-order valence-electron chi connectivity index (χ0n) is 11.4. The molecule has 0 aliphatic heterocycles. The molecular formula is C14H11BrF3NO3S. The number of hydrogen-bond donors (Lipinski definition) is 2. The van der Waals surface area contributed by atoms with Gasteiger partial charge in [-0.2, -0.15) is 13.2 Å². The fraction of sp³-hybridized carbons (Fsp3) is 0.143. The van der Waals surface area contributed by atoms with Crippen LogP contribution in [0.5, 0.6) is 0 Å². The van der Waals surface area contributed by atoms with Crippen molar-refractivity contribution >= 4 is 31.6 Å². The Morgan fingerprint density at radius 2 is 1.74 bits per heavy atom. The van der Waals surface area contributed by atoms with Gasteiger partial charge in [-0.15, -0.1) is 0 Å². The average molecular weight is 410 g/mol. The van der Waals surface area contributed by atoms with E-state index >= 15 is 0 Å². The maximum absolute atomic E-state index is 12.7. The lowest BCUT2D eigenvalue weighted by atomic mass is 10.1. The minimum Gasteiger partial charge on any atom is -0.379 e. The fourth-order valence-corrected chi connectivity index (χ4v) is 3.53. The van der Waals surface area contributed by atoms with E-state index < -0.39 is 27.9 Å². The summed E-state index contributed by atoms with van der Waals surface area (Å²) < 4.78 is 65.2. The van der Waals surface area contributed by atoms with Crippen molar-refractivity contribution in [3.8, 4) is 0 Å². The molecule has 2 rings (SSSR count). The third-order valence-electron chi connectivity index (χ3n) is 2.92. The Labute approximate surface area is 139 Å². The van der Waals surface area contributed by atoms with E-state index in [0.29, 0.717) is 4.47 Å². The van der Waals surface area contributed by atoms with Crippen LogP contribution in [0.4, 0.5) is 18.9 Å². The second-order valence-electron chi connectivity index (χ2n) is 4.59. The number of anilines is 1. The van der Waals surface area contributed by atoms with Gasteiger partial charge in [0.2, 0.25) is 0 Å². The minimum absolute atomic E-state index is 0.122. The van der Waals surface area contributed by atoms with E-state index in [9.17, 15) is 26.7 Å². The smallest absolute Gasteiger partial charge is 0.379 e. The van der Waals surface area contributed by atoms with Crippen molar-refractivity contribution in [2.24, 2.45) is 0 Å². The van der Waals surface area contributed by atoms with E-state index in [1.54, 1.807) is 6.07 Å². The summed E-state index contributed by atoms with van der Waals surface area (Å²) in [5, 5.41) is 9.38. The van der Waals surface area contributed by atoms with Crippen LogP contribution in [0.2, 0.25) is 0 Å². The standard InChI is InChI=1S/C14H11BrF3NO3S/c15-9-4-3-5-10(8-9)23(21,22)19-12-7-2-1-6-11(12)13(20)14(16,17)18/h1-8,13,19-20H/t13-/m1/s1. The Hall–Kier alpha value is -1.58. The van der Waals surface area contributed by atoms with Crippen LogP contribution in [0.25, 0.3) is 0 Å². The highest BCUT2D eigenvalue weighted by molar-refractivity contribution is 9.10. The van der Waals surface area contributed by atoms with Gasteiger partial charge < -0.3 is 5.11 Å². The molecule has 0 spiro atoms. The summed E-state index contributed by atoms with van der Waals surface area (Å²) in [6.07, 6.45) is -7.69. The van der Waals surface area contributed by atoms with Crippen molar-refractivity contribution < 1.29 is 26.7 Å². The SMILES string of the molecule is O=S(=O)(Nc1ccccc1[C@@H](O)C(F)(F)F)c1cccc(Br)c1. The Balaban J connectivity index is 2.41. The minimum atomic E-state index is -4.91. The van der Waals surface area contributed by atoms with Crippen molar-refractivity contribution in [3.05, 3.63) is 58.6 Å². The molecule has 2 aromatic carbocycles. The van der Waals surface area contributed by atoms with Gasteiger partial charge in [0.05, 0.1) is 10.6 Å². The van der Waals surface area contributed by atoms with Crippen LogP contribution < -0.4 is 4.72 Å². The predicted octanol–water partition coefficient (Wildman–Crippen LogP) is 3.85. The van der Waals surface area contributed by atoms with Crippen LogP contribution in [0, 0.1) is 0 Å². The number of benzene rings is 2. The summed E-state index contributed by atoms with van der Waals surface area (Å²) in [5.41, 5.74) is -0.907. The lowest BCUT2D eigenvalue weighted by molar-refractivity contribution is -0.206. The van der Waals surface area contributed by atoms with Crippen molar-refractivity contribution in [2.75, 3.05) is 4.72 Å². The molecule has 23 heavy (non-hydrogen) atoms. The molecule has 0 fully saturated rings. The third-order valence-corrected chi connectivity index (χ3v) is 4.77. The molecule has 0 unspecified atom stereocenters. The second kappa shape index (κ2) is 6.50. The monoisotopic (exact) mass is 409 g/mol. The van der Waals surface area contributed by atoms with Gasteiger partial charge in [0.15, 0.2) is 6.10 Å². The summed E-state index contributed by atoms with van der Waals surface area (Å²) in [6, 6.07) is 10.5. The molecule has 0 saturated carbocycles. The van der Waals surface area contributed by atoms with Gasteiger partial charge in [-0.1, -0.05) is 40.2 Å². The highest BCUT2D eigenvalue weighted by Crippen LogP contribution is 2.36. The van der Waals surface area contributed by atoms with Gasteiger partial charge in [-0.05, 0) is 24.3 Å². The van der Waals surface area contributed by atoms with Crippen molar-refractivity contribution in [1.82, 2.24) is 0 Å². The van der Waals surface area contributed by atoms with E-state index in [0.717, 1.165) is 12.1 Å². The molecule has 2 N–H and O–H groups in total. The first-order valence-corrected chi connectivity index (χ1v) is 8.51. The number of aliphatic hydroxyl groups excluding tert-OH is 1. The molecule has 0 saturated heterocycles. The molecule has 0 radical (unpaired) electrons. The number of nitrogens with one attached hydrogen (secondary N) is 1. The largest absolute Gasteiger partial charge is 0.418 e. The zero-order chi connectivity index (χ0) is 17.3. The van der Waals surface area contributed by atoms with Gasteiger partial charge in [-0.3, -0.25) is 4.72 Å². The maximum atomic E-state index is 12.7. The summed E-state index contributed by atoms with van der Waals surface area (Å²) >= 11 is 3.12. The zero-order valence-corrected chi connectivity index (χ0v) is 13.8. The predicted molar refractivity (Wildman–Crippen MR) is 82.4 cm³/mol. The first kappa shape index (κ1) is 17.8. The van der Waals surface area contributed by atoms with Gasteiger partial charge in [0.1, 0.15) is 0 Å². The molecule has 2 aromatic rings. The molecule has 124 valence electrons. The van der Waals surface area contributed by atoms with Gasteiger partial charge in [0.25, 0.3) is 10.0 Å². The summed E-state index contributed by atoms with van der Waals surface area (Å²) in [5.74, 6) is 0. The number of hydrogen-bond acceptors (Lipinski definition) is 3. The first-order chi connectivity index (χ1) is 10.6. The quantitative estimate of drug-likeness (QED) is 0.805. The van der Waals surface area contributed by atoms with Gasteiger partial charge >= 0.3 is 6.18 Å². The molecule has 0 amide bonds. The van der Waals surface area contributed by atoms with E-state index in [-0.39, 0.29) is 10.6 Å². The van der Waals surface area contributed by atoms with E-state index in [1.807, 2.05) is 0 Å². The summed E-state index contributed by atoms with van der Waals surface area (Å²) in [7, 11) is -4.10. The number of halogens is 4. The molecule has 0 bridgehead atoms. The van der Waals surface area contributed by atoms with Crippen LogP contribution in [-0.2, 0) is 10.0 Å². The van der Waals surface area contributed by atoms with Crippen molar-refractivity contribution in [2.45, 2.75) is 17.2 Å². The Kier molecular flexibility index (Phi) is 5.02. The molecule has 0 aromatic heterocycles. The van der Waals surface area contributed by atoms with Crippen LogP contribution >= 0.6 is 15.9 Å². The number of para-hydroxylation sites is 1. The highest BCUT2D eigenvalue weighted by atomic mass is 79.9. The average Bonchev–Trinajstić information content (AvgIpc) is 2.46. The van der Waals surface area contributed by atoms with Crippen LogP contribution in [0.1, 0.15) is 11.7 Å². The highest BCUT2D eigenvalue weighted by Gasteiger charge is 2.40. The molecule has 1 atom stereocenters. The number of sulfonamides is 1. The fourth-order valence-electron chi connectivity index (χ4n) is 1.84. The topological polar surface area (TPSA) is 66.4 Å². The van der Waals surface area contributed by atoms with Gasteiger partial charge in [0, 0.05) is 10.0 Å². The molecule has 0 aliphatic carbocycles. The van der Waals surface area contributed by atoms with Crippen LogP contribution in [-0.4, -0.2) is 19.7 Å². The molecule has 0 aliphatic rings. The maximum Gasteiger partial charge on any atom is 0.418 e. The normalized spacial score (nSPS) is 13.6. The van der Waals surface area contributed by atoms with E-state index in [1.165, 1.54) is 30.3 Å². The van der Waals surface area contributed by atoms with E-state index in [2.05, 4.69) is 20.7 Å². The lowest BCUT2D eigenvalue weighted by Crippen LogP contribution is -2.22. The lowest BCUT2D eigenvalue weighted by Gasteiger charge is -2.19.